The molecule has 3 rings (SSSR count). The summed E-state index contributed by atoms with van der Waals surface area (Å²) in [7, 11) is 0. The molecule has 1 aliphatic rings. The zero-order chi connectivity index (χ0) is 16.2. The number of rotatable bonds is 5. The fraction of sp³-hybridized carbons (Fsp3) is 0.400. The Morgan fingerprint density at radius 1 is 0.958 bits per heavy atom. The molecule has 0 fully saturated rings. The summed E-state index contributed by atoms with van der Waals surface area (Å²) >= 11 is 0. The normalized spacial score (nSPS) is 14.4. The molecule has 1 heterocycles. The van der Waals surface area contributed by atoms with Crippen LogP contribution in [0.3, 0.4) is 0 Å². The summed E-state index contributed by atoms with van der Waals surface area (Å²) in [6.07, 6.45) is 1.69. The van der Waals surface area contributed by atoms with Gasteiger partial charge in [-0.3, -0.25) is 0 Å². The summed E-state index contributed by atoms with van der Waals surface area (Å²) < 4.78 is 0. The molecule has 0 saturated heterocycles. The topological polar surface area (TPSA) is 35.5 Å². The van der Waals surface area contributed by atoms with E-state index in [9.17, 15) is 5.11 Å². The third-order valence-corrected chi connectivity index (χ3v) is 4.38. The molecule has 0 unspecified atom stereocenters. The fourth-order valence-electron chi connectivity index (χ4n) is 3.21. The lowest BCUT2D eigenvalue weighted by Crippen LogP contribution is -2.39. The predicted octanol–water partition coefficient (Wildman–Crippen LogP) is 3.70. The fourth-order valence-corrected chi connectivity index (χ4v) is 3.21. The van der Waals surface area contributed by atoms with Crippen LogP contribution < -0.4 is 10.2 Å². The van der Waals surface area contributed by atoms with Crippen LogP contribution in [0.5, 0.6) is 0 Å². The van der Waals surface area contributed by atoms with Gasteiger partial charge >= 0.3 is 0 Å². The van der Waals surface area contributed by atoms with E-state index in [2.05, 4.69) is 72.6 Å². The van der Waals surface area contributed by atoms with Gasteiger partial charge in [-0.15, -0.1) is 12.4 Å². The molecule has 3 nitrogen and oxygen atoms in total. The molecule has 2 aromatic rings. The maximum Gasteiger partial charge on any atom is 0.0843 e. The number of aliphatic hydroxyl groups excluding tert-OH is 1. The van der Waals surface area contributed by atoms with E-state index in [0.29, 0.717) is 19.1 Å². The smallest absolute Gasteiger partial charge is 0.0843 e. The van der Waals surface area contributed by atoms with Crippen LogP contribution >= 0.6 is 12.4 Å². The number of hydrogen-bond donors (Lipinski definition) is 2. The van der Waals surface area contributed by atoms with Gasteiger partial charge in [-0.1, -0.05) is 50.2 Å². The van der Waals surface area contributed by atoms with Gasteiger partial charge in [-0.05, 0) is 36.1 Å². The van der Waals surface area contributed by atoms with Crippen molar-refractivity contribution >= 4 is 23.8 Å². The number of halogens is 1. The molecule has 0 saturated carbocycles. The Labute approximate surface area is 151 Å². The lowest BCUT2D eigenvalue weighted by atomic mass is 10.0. The van der Waals surface area contributed by atoms with Crippen LogP contribution in [0.4, 0.5) is 11.4 Å². The summed E-state index contributed by atoms with van der Waals surface area (Å²) in [6, 6.07) is 17.5. The van der Waals surface area contributed by atoms with Crippen LogP contribution in [-0.4, -0.2) is 30.3 Å². The molecule has 24 heavy (non-hydrogen) atoms. The van der Waals surface area contributed by atoms with Crippen LogP contribution in [0.15, 0.2) is 48.5 Å². The molecule has 0 amide bonds. The van der Waals surface area contributed by atoms with E-state index in [1.54, 1.807) is 0 Å². The Kier molecular flexibility index (Phi) is 6.67. The molecule has 0 aromatic heterocycles. The molecule has 0 radical (unpaired) electrons. The lowest BCUT2D eigenvalue weighted by molar-refractivity contribution is 0.176. The van der Waals surface area contributed by atoms with E-state index in [-0.39, 0.29) is 12.4 Å². The Bertz CT molecular complexity index is 612. The average molecular weight is 347 g/mol. The summed E-state index contributed by atoms with van der Waals surface area (Å²) in [5.41, 5.74) is 5.16. The summed E-state index contributed by atoms with van der Waals surface area (Å²) in [4.78, 5) is 2.28. The van der Waals surface area contributed by atoms with E-state index in [0.717, 1.165) is 12.8 Å². The molecular formula is C20H27ClN2O. The minimum atomic E-state index is -0.406. The number of para-hydroxylation sites is 2. The van der Waals surface area contributed by atoms with Crippen molar-refractivity contribution in [2.24, 2.45) is 0 Å². The standard InChI is InChI=1S/C20H26N2O.ClH/c1-15(2)21-13-18(23)14-22-19-9-5-3-7-16(19)11-12-17-8-4-6-10-20(17)22;/h3-10,15,18,21,23H,11-14H2,1-2H3;1H/t18-;/m1./s1. The van der Waals surface area contributed by atoms with Gasteiger partial charge < -0.3 is 15.3 Å². The van der Waals surface area contributed by atoms with Gasteiger partial charge in [0.15, 0.2) is 0 Å². The molecule has 2 N–H and O–H groups in total. The first-order chi connectivity index (χ1) is 11.1. The number of nitrogens with one attached hydrogen (secondary N) is 1. The molecule has 1 atom stereocenters. The van der Waals surface area contributed by atoms with Crippen molar-refractivity contribution in [2.45, 2.75) is 38.8 Å². The molecule has 0 aliphatic carbocycles. The zero-order valence-electron chi connectivity index (χ0n) is 14.4. The third kappa shape index (κ3) is 4.29. The predicted molar refractivity (Wildman–Crippen MR) is 104 cm³/mol. The number of aryl methyl sites for hydroxylation is 2. The highest BCUT2D eigenvalue weighted by Crippen LogP contribution is 2.35. The average Bonchev–Trinajstić information content (AvgIpc) is 2.71. The molecule has 130 valence electrons. The monoisotopic (exact) mass is 346 g/mol. The molecule has 2 aromatic carbocycles. The van der Waals surface area contributed by atoms with Crippen molar-refractivity contribution < 1.29 is 5.11 Å². The molecule has 0 bridgehead atoms. The van der Waals surface area contributed by atoms with Gasteiger partial charge in [0.25, 0.3) is 0 Å². The Hall–Kier alpha value is -1.55. The zero-order valence-corrected chi connectivity index (χ0v) is 15.2. The van der Waals surface area contributed by atoms with Crippen LogP contribution in [0, 0.1) is 0 Å². The van der Waals surface area contributed by atoms with Crippen molar-refractivity contribution in [3.05, 3.63) is 59.7 Å². The van der Waals surface area contributed by atoms with Gasteiger partial charge in [-0.2, -0.15) is 0 Å². The first kappa shape index (κ1) is 18.8. The third-order valence-electron chi connectivity index (χ3n) is 4.38. The Morgan fingerprint density at radius 3 is 1.96 bits per heavy atom. The molecule has 4 heteroatoms. The Balaban J connectivity index is 0.00000208. The second-order valence-corrected chi connectivity index (χ2v) is 6.58. The van der Waals surface area contributed by atoms with Crippen molar-refractivity contribution in [1.82, 2.24) is 5.32 Å². The maximum atomic E-state index is 10.5. The minimum Gasteiger partial charge on any atom is -0.390 e. The highest BCUT2D eigenvalue weighted by molar-refractivity contribution is 5.85. The van der Waals surface area contributed by atoms with Crippen molar-refractivity contribution in [3.63, 3.8) is 0 Å². The number of hydrogen-bond acceptors (Lipinski definition) is 3. The van der Waals surface area contributed by atoms with Gasteiger partial charge in [0.05, 0.1) is 12.6 Å². The maximum absolute atomic E-state index is 10.5. The van der Waals surface area contributed by atoms with E-state index >= 15 is 0 Å². The van der Waals surface area contributed by atoms with Gasteiger partial charge in [0.2, 0.25) is 0 Å². The highest BCUT2D eigenvalue weighted by atomic mass is 35.5. The van der Waals surface area contributed by atoms with E-state index in [1.165, 1.54) is 22.5 Å². The summed E-state index contributed by atoms with van der Waals surface area (Å²) in [6.45, 7) is 5.42. The molecular weight excluding hydrogens is 320 g/mol. The summed E-state index contributed by atoms with van der Waals surface area (Å²) in [5.74, 6) is 0. The number of fused-ring (bicyclic) bond motifs is 2. The number of aliphatic hydroxyl groups is 1. The second kappa shape index (κ2) is 8.52. The number of benzene rings is 2. The highest BCUT2D eigenvalue weighted by Gasteiger charge is 2.22. The van der Waals surface area contributed by atoms with E-state index in [1.807, 2.05) is 0 Å². The number of nitrogens with zero attached hydrogens (tertiary/aromatic N) is 1. The quantitative estimate of drug-likeness (QED) is 0.866. The van der Waals surface area contributed by atoms with E-state index < -0.39 is 6.10 Å². The van der Waals surface area contributed by atoms with Crippen molar-refractivity contribution in [2.75, 3.05) is 18.0 Å². The number of β-amino-alcohol motifs (C(OH)–C–C–N with tert-alkyl or cyclic N) is 1. The van der Waals surface area contributed by atoms with Crippen LogP contribution in [0.1, 0.15) is 25.0 Å². The van der Waals surface area contributed by atoms with Crippen LogP contribution in [0.2, 0.25) is 0 Å². The van der Waals surface area contributed by atoms with Gasteiger partial charge in [0.1, 0.15) is 0 Å². The summed E-state index contributed by atoms with van der Waals surface area (Å²) in [5, 5.41) is 13.8. The molecule has 1 aliphatic heterocycles. The van der Waals surface area contributed by atoms with Crippen LogP contribution in [0.25, 0.3) is 0 Å². The number of anilines is 2. The Morgan fingerprint density at radius 2 is 1.46 bits per heavy atom. The van der Waals surface area contributed by atoms with Gasteiger partial charge in [0, 0.05) is 24.0 Å². The minimum absolute atomic E-state index is 0. The molecule has 0 spiro atoms. The van der Waals surface area contributed by atoms with Crippen molar-refractivity contribution in [3.8, 4) is 0 Å². The first-order valence-corrected chi connectivity index (χ1v) is 8.50. The van der Waals surface area contributed by atoms with Crippen molar-refractivity contribution in [1.29, 1.82) is 0 Å². The lowest BCUT2D eigenvalue weighted by Gasteiger charge is -2.29. The van der Waals surface area contributed by atoms with E-state index in [4.69, 9.17) is 0 Å². The SMILES string of the molecule is CC(C)NC[C@@H](O)CN1c2ccccc2CCc2ccccc21.Cl. The largest absolute Gasteiger partial charge is 0.390 e. The van der Waals surface area contributed by atoms with Crippen LogP contribution in [-0.2, 0) is 12.8 Å². The second-order valence-electron chi connectivity index (χ2n) is 6.58. The van der Waals surface area contributed by atoms with Gasteiger partial charge in [-0.25, -0.2) is 0 Å². The first-order valence-electron chi connectivity index (χ1n) is 8.50.